The van der Waals surface area contributed by atoms with E-state index in [2.05, 4.69) is 19.6 Å². The van der Waals surface area contributed by atoms with E-state index in [1.54, 1.807) is 6.07 Å². The van der Waals surface area contributed by atoms with Gasteiger partial charge in [0.05, 0.1) is 0 Å². The predicted octanol–water partition coefficient (Wildman–Crippen LogP) is 3.07. The van der Waals surface area contributed by atoms with E-state index >= 15 is 0 Å². The Hall–Kier alpha value is -1.24. The maximum Gasteiger partial charge on any atom is 0.119 e. The van der Waals surface area contributed by atoms with E-state index in [1.807, 2.05) is 12.1 Å². The number of phenols is 1. The summed E-state index contributed by atoms with van der Waals surface area (Å²) in [6, 6.07) is 5.80. The third-order valence-electron chi connectivity index (χ3n) is 2.05. The van der Waals surface area contributed by atoms with Crippen molar-refractivity contribution in [2.24, 2.45) is 0 Å². The Morgan fingerprint density at radius 3 is 2.85 bits per heavy atom. The average Bonchev–Trinajstić information content (AvgIpc) is 2.12. The maximum absolute atomic E-state index is 9.49. The minimum atomic E-state index is 0.375. The minimum absolute atomic E-state index is 0.375. The SMILES string of the molecule is C=CCc1cc(CCC)ccc1O. The molecular formula is C12H16O. The number of hydrogen-bond donors (Lipinski definition) is 1. The number of aromatic hydroxyl groups is 1. The fraction of sp³-hybridized carbons (Fsp3) is 0.333. The molecule has 0 saturated carbocycles. The van der Waals surface area contributed by atoms with Crippen LogP contribution in [0, 0.1) is 0 Å². The zero-order chi connectivity index (χ0) is 9.68. The zero-order valence-electron chi connectivity index (χ0n) is 8.09. The Kier molecular flexibility index (Phi) is 3.56. The minimum Gasteiger partial charge on any atom is -0.508 e. The van der Waals surface area contributed by atoms with Crippen LogP contribution in [0.4, 0.5) is 0 Å². The normalized spacial score (nSPS) is 9.92. The van der Waals surface area contributed by atoms with E-state index < -0.39 is 0 Å². The van der Waals surface area contributed by atoms with Gasteiger partial charge in [0.25, 0.3) is 0 Å². The number of allylic oxidation sites excluding steroid dienone is 1. The number of aryl methyl sites for hydroxylation is 1. The van der Waals surface area contributed by atoms with Crippen molar-refractivity contribution in [2.45, 2.75) is 26.2 Å². The highest BCUT2D eigenvalue weighted by Crippen LogP contribution is 2.19. The Morgan fingerprint density at radius 1 is 1.46 bits per heavy atom. The molecule has 0 saturated heterocycles. The molecule has 0 aliphatic carbocycles. The van der Waals surface area contributed by atoms with Crippen LogP contribution in [0.1, 0.15) is 24.5 Å². The van der Waals surface area contributed by atoms with Gasteiger partial charge in [-0.3, -0.25) is 0 Å². The van der Waals surface area contributed by atoms with Crippen LogP contribution in [0.5, 0.6) is 5.75 Å². The van der Waals surface area contributed by atoms with Crippen molar-refractivity contribution in [1.29, 1.82) is 0 Å². The van der Waals surface area contributed by atoms with Crippen LogP contribution in [0.15, 0.2) is 30.9 Å². The second-order valence-corrected chi connectivity index (χ2v) is 3.21. The summed E-state index contributed by atoms with van der Waals surface area (Å²) in [6.07, 6.45) is 4.76. The molecule has 1 N–H and O–H groups in total. The van der Waals surface area contributed by atoms with Crippen molar-refractivity contribution < 1.29 is 5.11 Å². The molecule has 70 valence electrons. The molecule has 0 spiro atoms. The van der Waals surface area contributed by atoms with Gasteiger partial charge in [-0.15, -0.1) is 6.58 Å². The fourth-order valence-corrected chi connectivity index (χ4v) is 1.40. The summed E-state index contributed by atoms with van der Waals surface area (Å²) in [7, 11) is 0. The van der Waals surface area contributed by atoms with Gasteiger partial charge < -0.3 is 5.11 Å². The lowest BCUT2D eigenvalue weighted by Gasteiger charge is -2.04. The largest absolute Gasteiger partial charge is 0.508 e. The van der Waals surface area contributed by atoms with Gasteiger partial charge in [0.2, 0.25) is 0 Å². The first-order chi connectivity index (χ1) is 6.27. The van der Waals surface area contributed by atoms with Gasteiger partial charge >= 0.3 is 0 Å². The third-order valence-corrected chi connectivity index (χ3v) is 2.05. The maximum atomic E-state index is 9.49. The fourth-order valence-electron chi connectivity index (χ4n) is 1.40. The van der Waals surface area contributed by atoms with Crippen molar-refractivity contribution >= 4 is 0 Å². The van der Waals surface area contributed by atoms with Crippen LogP contribution in [0.3, 0.4) is 0 Å². The van der Waals surface area contributed by atoms with Gasteiger partial charge in [-0.25, -0.2) is 0 Å². The van der Waals surface area contributed by atoms with Gasteiger partial charge in [0.1, 0.15) is 5.75 Å². The van der Waals surface area contributed by atoms with Gasteiger partial charge in [0.15, 0.2) is 0 Å². The van der Waals surface area contributed by atoms with Crippen LogP contribution in [-0.4, -0.2) is 5.11 Å². The smallest absolute Gasteiger partial charge is 0.119 e. The molecule has 1 rings (SSSR count). The molecule has 0 aliphatic heterocycles. The van der Waals surface area contributed by atoms with E-state index in [0.29, 0.717) is 5.75 Å². The van der Waals surface area contributed by atoms with E-state index in [-0.39, 0.29) is 0 Å². The molecule has 0 bridgehead atoms. The molecule has 1 aromatic rings. The Balaban J connectivity index is 2.89. The van der Waals surface area contributed by atoms with Crippen molar-refractivity contribution in [2.75, 3.05) is 0 Å². The molecule has 0 radical (unpaired) electrons. The lowest BCUT2D eigenvalue weighted by atomic mass is 10.0. The standard InChI is InChI=1S/C12H16O/c1-3-5-10-7-8-12(13)11(9-10)6-4-2/h4,7-9,13H,2-3,5-6H2,1H3. The summed E-state index contributed by atoms with van der Waals surface area (Å²) < 4.78 is 0. The highest BCUT2D eigenvalue weighted by molar-refractivity contribution is 5.37. The zero-order valence-corrected chi connectivity index (χ0v) is 8.09. The summed E-state index contributed by atoms with van der Waals surface area (Å²) in [4.78, 5) is 0. The van der Waals surface area contributed by atoms with Crippen molar-refractivity contribution in [3.8, 4) is 5.75 Å². The van der Waals surface area contributed by atoms with Crippen LogP contribution in [-0.2, 0) is 12.8 Å². The summed E-state index contributed by atoms with van der Waals surface area (Å²) >= 11 is 0. The first-order valence-corrected chi connectivity index (χ1v) is 4.69. The molecular weight excluding hydrogens is 160 g/mol. The second-order valence-electron chi connectivity index (χ2n) is 3.21. The molecule has 0 atom stereocenters. The molecule has 1 heteroatoms. The summed E-state index contributed by atoms with van der Waals surface area (Å²) in [5.41, 5.74) is 2.26. The van der Waals surface area contributed by atoms with Gasteiger partial charge in [0, 0.05) is 0 Å². The third kappa shape index (κ3) is 2.62. The van der Waals surface area contributed by atoms with E-state index in [4.69, 9.17) is 0 Å². The lowest BCUT2D eigenvalue weighted by Crippen LogP contribution is -1.88. The number of rotatable bonds is 4. The second kappa shape index (κ2) is 4.70. The van der Waals surface area contributed by atoms with Crippen LogP contribution < -0.4 is 0 Å². The molecule has 13 heavy (non-hydrogen) atoms. The van der Waals surface area contributed by atoms with Crippen LogP contribution in [0.2, 0.25) is 0 Å². The summed E-state index contributed by atoms with van der Waals surface area (Å²) in [5.74, 6) is 0.375. The quantitative estimate of drug-likeness (QED) is 0.699. The molecule has 0 amide bonds. The Bertz CT molecular complexity index is 289. The molecule has 0 aliphatic rings. The molecule has 0 heterocycles. The molecule has 0 aromatic heterocycles. The highest BCUT2D eigenvalue weighted by atomic mass is 16.3. The predicted molar refractivity (Wildman–Crippen MR) is 56.0 cm³/mol. The monoisotopic (exact) mass is 176 g/mol. The molecule has 1 aromatic carbocycles. The molecule has 1 nitrogen and oxygen atoms in total. The number of phenolic OH excluding ortho intramolecular Hbond substituents is 1. The Morgan fingerprint density at radius 2 is 2.23 bits per heavy atom. The molecule has 0 unspecified atom stereocenters. The first-order valence-electron chi connectivity index (χ1n) is 4.69. The number of benzene rings is 1. The van der Waals surface area contributed by atoms with E-state index in [9.17, 15) is 5.11 Å². The lowest BCUT2D eigenvalue weighted by molar-refractivity contribution is 0.469. The highest BCUT2D eigenvalue weighted by Gasteiger charge is 2.00. The topological polar surface area (TPSA) is 20.2 Å². The van der Waals surface area contributed by atoms with Crippen molar-refractivity contribution in [3.05, 3.63) is 42.0 Å². The average molecular weight is 176 g/mol. The number of hydrogen-bond acceptors (Lipinski definition) is 1. The van der Waals surface area contributed by atoms with Crippen LogP contribution in [0.25, 0.3) is 0 Å². The Labute approximate surface area is 79.7 Å². The van der Waals surface area contributed by atoms with Crippen LogP contribution >= 0.6 is 0 Å². The van der Waals surface area contributed by atoms with Crippen molar-refractivity contribution in [3.63, 3.8) is 0 Å². The summed E-state index contributed by atoms with van der Waals surface area (Å²) in [5, 5.41) is 9.49. The van der Waals surface area contributed by atoms with Gasteiger partial charge in [-0.05, 0) is 30.0 Å². The molecule has 0 fully saturated rings. The van der Waals surface area contributed by atoms with Gasteiger partial charge in [-0.1, -0.05) is 31.6 Å². The van der Waals surface area contributed by atoms with Crippen molar-refractivity contribution in [1.82, 2.24) is 0 Å². The van der Waals surface area contributed by atoms with E-state index in [1.165, 1.54) is 5.56 Å². The first kappa shape index (κ1) is 9.85. The van der Waals surface area contributed by atoms with Gasteiger partial charge in [-0.2, -0.15) is 0 Å². The summed E-state index contributed by atoms with van der Waals surface area (Å²) in [6.45, 7) is 5.81. The van der Waals surface area contributed by atoms with E-state index in [0.717, 1.165) is 24.8 Å².